The monoisotopic (exact) mass is 587 g/mol. The molecule has 1 aromatic carbocycles. The van der Waals surface area contributed by atoms with Gasteiger partial charge in [0.15, 0.2) is 0 Å². The van der Waals surface area contributed by atoms with Gasteiger partial charge in [0, 0.05) is 51.9 Å². The lowest BCUT2D eigenvalue weighted by molar-refractivity contribution is -0.193. The molecule has 3 aliphatic rings. The third-order valence-electron chi connectivity index (χ3n) is 7.28. The van der Waals surface area contributed by atoms with Crippen LogP contribution in [0.4, 0.5) is 26.3 Å². The van der Waals surface area contributed by atoms with E-state index >= 15 is 0 Å². The number of carbonyl (C=O) groups is 2. The molecular formula is C25H35F6N3O6. The number of carboxylic acid groups (broad SMARTS) is 2. The zero-order valence-electron chi connectivity index (χ0n) is 22.0. The van der Waals surface area contributed by atoms with Gasteiger partial charge in [0.25, 0.3) is 0 Å². The van der Waals surface area contributed by atoms with Crippen LogP contribution < -0.4 is 5.32 Å². The van der Waals surface area contributed by atoms with Crippen molar-refractivity contribution >= 4 is 11.9 Å². The lowest BCUT2D eigenvalue weighted by atomic mass is 9.72. The Morgan fingerprint density at radius 1 is 0.975 bits per heavy atom. The molecule has 2 atom stereocenters. The van der Waals surface area contributed by atoms with Crippen molar-refractivity contribution < 1.29 is 56.0 Å². The Labute approximate surface area is 227 Å². The third kappa shape index (κ3) is 8.77. The Morgan fingerprint density at radius 3 is 1.95 bits per heavy atom. The normalized spacial score (nSPS) is 22.9. The number of halogens is 6. The Kier molecular flexibility index (Phi) is 12.2. The Balaban J connectivity index is 0.000000333. The largest absolute Gasteiger partial charge is 0.490 e. The van der Waals surface area contributed by atoms with Crippen LogP contribution in [0.3, 0.4) is 0 Å². The molecule has 2 aliphatic heterocycles. The van der Waals surface area contributed by atoms with Gasteiger partial charge in [-0.15, -0.1) is 0 Å². The topological polar surface area (TPSA) is 123 Å². The van der Waals surface area contributed by atoms with Gasteiger partial charge in [0.05, 0.1) is 12.1 Å². The lowest BCUT2D eigenvalue weighted by Gasteiger charge is -2.43. The van der Waals surface area contributed by atoms with Crippen LogP contribution in [0.2, 0.25) is 0 Å². The number of ether oxygens (including phenoxy) is 1. The Morgan fingerprint density at radius 2 is 1.48 bits per heavy atom. The second kappa shape index (κ2) is 14.4. The van der Waals surface area contributed by atoms with Gasteiger partial charge in [-0.05, 0) is 43.5 Å². The Bertz CT molecular complexity index is 939. The van der Waals surface area contributed by atoms with E-state index in [1.165, 1.54) is 11.1 Å². The van der Waals surface area contributed by atoms with Crippen molar-refractivity contribution in [2.75, 3.05) is 59.5 Å². The van der Waals surface area contributed by atoms with Gasteiger partial charge in [-0.25, -0.2) is 9.59 Å². The molecule has 1 spiro atoms. The number of benzene rings is 1. The number of carboxylic acids is 2. The van der Waals surface area contributed by atoms with E-state index in [-0.39, 0.29) is 17.6 Å². The standard InChI is InChI=1S/C21H33N3O2.2C2HF3O2/c1-26-16-4-11-23-12-14-24(15-13-23)19-17-5-2-3-6-18(17)21(20(19)25)7-9-22-10-8-21;2*3-2(4,5)1(6)7/h2-3,5-6,19-20,22,25H,4,7-16H2,1H3;2*(H,6,7)/t19-,20+;;/m1../s1. The lowest BCUT2D eigenvalue weighted by Crippen LogP contribution is -2.52. The smallest absolute Gasteiger partial charge is 0.475 e. The van der Waals surface area contributed by atoms with Gasteiger partial charge < -0.3 is 30.3 Å². The van der Waals surface area contributed by atoms with Crippen LogP contribution in [0, 0.1) is 0 Å². The fourth-order valence-corrected chi connectivity index (χ4v) is 5.37. The van der Waals surface area contributed by atoms with E-state index < -0.39 is 24.3 Å². The van der Waals surface area contributed by atoms with Gasteiger partial charge in [0.2, 0.25) is 0 Å². The average molecular weight is 588 g/mol. The summed E-state index contributed by atoms with van der Waals surface area (Å²) in [4.78, 5) is 22.9. The summed E-state index contributed by atoms with van der Waals surface area (Å²) >= 11 is 0. The zero-order chi connectivity index (χ0) is 30.1. The summed E-state index contributed by atoms with van der Waals surface area (Å²) in [5, 5.41) is 29.2. The molecule has 40 heavy (non-hydrogen) atoms. The summed E-state index contributed by atoms with van der Waals surface area (Å²) in [5.41, 5.74) is 2.72. The van der Waals surface area contributed by atoms with E-state index in [9.17, 15) is 31.4 Å². The van der Waals surface area contributed by atoms with Crippen LogP contribution in [0.25, 0.3) is 0 Å². The number of fused-ring (bicyclic) bond motifs is 2. The second-order valence-electron chi connectivity index (χ2n) is 9.71. The highest BCUT2D eigenvalue weighted by atomic mass is 19.4. The van der Waals surface area contributed by atoms with E-state index in [0.29, 0.717) is 0 Å². The number of aliphatic hydroxyl groups excluding tert-OH is 1. The molecular weight excluding hydrogens is 552 g/mol. The number of aliphatic carboxylic acids is 2. The summed E-state index contributed by atoms with van der Waals surface area (Å²) in [6.45, 7) is 8.21. The van der Waals surface area contributed by atoms with Gasteiger partial charge >= 0.3 is 24.3 Å². The number of hydrogen-bond acceptors (Lipinski definition) is 7. The highest BCUT2D eigenvalue weighted by Gasteiger charge is 2.53. The molecule has 1 aromatic rings. The summed E-state index contributed by atoms with van der Waals surface area (Å²) < 4.78 is 68.6. The number of nitrogens with zero attached hydrogens (tertiary/aromatic N) is 2. The number of piperidine rings is 1. The first kappa shape index (κ1) is 33.7. The summed E-state index contributed by atoms with van der Waals surface area (Å²) in [6, 6.07) is 8.96. The number of nitrogens with one attached hydrogen (secondary N) is 1. The maximum Gasteiger partial charge on any atom is 0.490 e. The van der Waals surface area contributed by atoms with E-state index in [1.54, 1.807) is 7.11 Å². The molecule has 2 fully saturated rings. The number of piperazine rings is 1. The predicted molar refractivity (Wildman–Crippen MR) is 131 cm³/mol. The van der Waals surface area contributed by atoms with Crippen molar-refractivity contribution in [1.29, 1.82) is 0 Å². The quantitative estimate of drug-likeness (QED) is 0.304. The number of rotatable bonds is 5. The van der Waals surface area contributed by atoms with Crippen LogP contribution in [-0.4, -0.2) is 115 Å². The first-order chi connectivity index (χ1) is 18.6. The minimum absolute atomic E-state index is 0.0535. The third-order valence-corrected chi connectivity index (χ3v) is 7.28. The van der Waals surface area contributed by atoms with Crippen molar-refractivity contribution in [2.24, 2.45) is 0 Å². The highest BCUT2D eigenvalue weighted by Crippen LogP contribution is 2.52. The fourth-order valence-electron chi connectivity index (χ4n) is 5.37. The molecule has 4 rings (SSSR count). The van der Waals surface area contributed by atoms with E-state index in [1.807, 2.05) is 0 Å². The maximum atomic E-state index is 11.5. The molecule has 4 N–H and O–H groups in total. The molecule has 228 valence electrons. The van der Waals surface area contributed by atoms with Crippen LogP contribution in [-0.2, 0) is 19.7 Å². The molecule has 0 radical (unpaired) electrons. The fraction of sp³-hybridized carbons (Fsp3) is 0.680. The molecule has 0 unspecified atom stereocenters. The number of methoxy groups -OCH3 is 1. The molecule has 1 aliphatic carbocycles. The SMILES string of the molecule is COCCCN1CCN([C@@H]2c3ccccc3C3(CCNCC3)[C@H]2O)CC1.O=C(O)C(F)(F)F.O=C(O)C(F)(F)F. The van der Waals surface area contributed by atoms with Gasteiger partial charge in [0.1, 0.15) is 0 Å². The predicted octanol–water partition coefficient (Wildman–Crippen LogP) is 2.64. The number of alkyl halides is 6. The van der Waals surface area contributed by atoms with E-state index in [0.717, 1.165) is 71.7 Å². The van der Waals surface area contributed by atoms with Crippen molar-refractivity contribution in [3.8, 4) is 0 Å². The van der Waals surface area contributed by atoms with E-state index in [4.69, 9.17) is 24.5 Å². The van der Waals surface area contributed by atoms with E-state index in [2.05, 4.69) is 39.4 Å². The molecule has 2 heterocycles. The van der Waals surface area contributed by atoms with Crippen LogP contribution in [0.15, 0.2) is 24.3 Å². The first-order valence-electron chi connectivity index (χ1n) is 12.7. The Hall–Kier alpha value is -2.46. The van der Waals surface area contributed by atoms with Crippen LogP contribution >= 0.6 is 0 Å². The average Bonchev–Trinajstić information content (AvgIpc) is 3.12. The first-order valence-corrected chi connectivity index (χ1v) is 12.7. The summed E-state index contributed by atoms with van der Waals surface area (Å²) in [5.74, 6) is -5.51. The minimum Gasteiger partial charge on any atom is -0.475 e. The molecule has 15 heteroatoms. The summed E-state index contributed by atoms with van der Waals surface area (Å²) in [7, 11) is 1.77. The van der Waals surface area contributed by atoms with Crippen LogP contribution in [0.5, 0.6) is 0 Å². The van der Waals surface area contributed by atoms with Gasteiger partial charge in [-0.2, -0.15) is 26.3 Å². The zero-order valence-corrected chi connectivity index (χ0v) is 22.0. The summed E-state index contributed by atoms with van der Waals surface area (Å²) in [6.07, 6.45) is -7.28. The molecule has 0 aromatic heterocycles. The molecule has 0 amide bonds. The second-order valence-corrected chi connectivity index (χ2v) is 9.71. The van der Waals surface area contributed by atoms with Crippen molar-refractivity contribution in [1.82, 2.24) is 15.1 Å². The van der Waals surface area contributed by atoms with Gasteiger partial charge in [-0.1, -0.05) is 24.3 Å². The van der Waals surface area contributed by atoms with Crippen LogP contribution in [0.1, 0.15) is 36.4 Å². The van der Waals surface area contributed by atoms with Crippen molar-refractivity contribution in [3.05, 3.63) is 35.4 Å². The molecule has 0 saturated carbocycles. The molecule has 9 nitrogen and oxygen atoms in total. The number of aliphatic hydroxyl groups is 1. The maximum absolute atomic E-state index is 11.5. The molecule has 0 bridgehead atoms. The van der Waals surface area contributed by atoms with Crippen molar-refractivity contribution in [2.45, 2.75) is 49.2 Å². The number of hydrogen-bond donors (Lipinski definition) is 4. The minimum atomic E-state index is -5.08. The molecule has 2 saturated heterocycles. The van der Waals surface area contributed by atoms with Gasteiger partial charge in [-0.3, -0.25) is 4.90 Å². The van der Waals surface area contributed by atoms with Crippen molar-refractivity contribution in [3.63, 3.8) is 0 Å². The highest BCUT2D eigenvalue weighted by molar-refractivity contribution is 5.73.